The summed E-state index contributed by atoms with van der Waals surface area (Å²) >= 11 is 3.44. The molecular formula is C14H21BrN2O. The predicted octanol–water partition coefficient (Wildman–Crippen LogP) is 3.38. The minimum Gasteiger partial charge on any atom is -0.324 e. The lowest BCUT2D eigenvalue weighted by Gasteiger charge is -2.19. The zero-order valence-corrected chi connectivity index (χ0v) is 13.0. The van der Waals surface area contributed by atoms with Crippen molar-refractivity contribution in [3.05, 3.63) is 27.7 Å². The van der Waals surface area contributed by atoms with Gasteiger partial charge in [0.25, 0.3) is 0 Å². The minimum absolute atomic E-state index is 0.113. The highest BCUT2D eigenvalue weighted by Crippen LogP contribution is 2.25. The van der Waals surface area contributed by atoms with Crippen LogP contribution in [0.4, 0.5) is 5.69 Å². The first-order valence-corrected chi connectivity index (χ1v) is 6.99. The average Bonchev–Trinajstić information content (AvgIpc) is 2.31. The van der Waals surface area contributed by atoms with E-state index in [0.29, 0.717) is 0 Å². The van der Waals surface area contributed by atoms with E-state index in [-0.39, 0.29) is 11.8 Å². The van der Waals surface area contributed by atoms with Gasteiger partial charge >= 0.3 is 0 Å². The van der Waals surface area contributed by atoms with Crippen LogP contribution in [0, 0.1) is 19.8 Å². The molecule has 100 valence electrons. The van der Waals surface area contributed by atoms with Crippen molar-refractivity contribution in [2.45, 2.75) is 40.2 Å². The number of nitrogens with one attached hydrogen (secondary N) is 1. The third kappa shape index (κ3) is 3.56. The fourth-order valence-electron chi connectivity index (χ4n) is 1.83. The number of carbonyl (C=O) groups is 1. The van der Waals surface area contributed by atoms with Gasteiger partial charge in [-0.2, -0.15) is 0 Å². The largest absolute Gasteiger partial charge is 0.324 e. The number of hydrogen-bond donors (Lipinski definition) is 2. The fraction of sp³-hybridized carbons (Fsp3) is 0.500. The van der Waals surface area contributed by atoms with Crippen LogP contribution in [0.1, 0.15) is 31.4 Å². The normalized spacial score (nSPS) is 14.1. The Bertz CT molecular complexity index is 422. The number of nitrogens with two attached hydrogens (primary N) is 1. The molecule has 0 aliphatic heterocycles. The Hall–Kier alpha value is -0.870. The van der Waals surface area contributed by atoms with E-state index in [4.69, 9.17) is 5.73 Å². The van der Waals surface area contributed by atoms with Crippen LogP contribution in [0.25, 0.3) is 0 Å². The van der Waals surface area contributed by atoms with Gasteiger partial charge in [-0.05, 0) is 43.0 Å². The second-order valence-corrected chi connectivity index (χ2v) is 5.73. The van der Waals surface area contributed by atoms with Crippen molar-refractivity contribution >= 4 is 27.5 Å². The van der Waals surface area contributed by atoms with Gasteiger partial charge < -0.3 is 11.1 Å². The van der Waals surface area contributed by atoms with Crippen molar-refractivity contribution in [1.29, 1.82) is 0 Å². The minimum atomic E-state index is -0.461. The molecule has 1 aromatic rings. The van der Waals surface area contributed by atoms with Crippen LogP contribution >= 0.6 is 15.9 Å². The van der Waals surface area contributed by atoms with Crippen LogP contribution in [0.3, 0.4) is 0 Å². The van der Waals surface area contributed by atoms with Gasteiger partial charge in [-0.25, -0.2) is 0 Å². The molecule has 0 radical (unpaired) electrons. The highest BCUT2D eigenvalue weighted by Gasteiger charge is 2.20. The number of halogens is 1. The molecule has 0 unspecified atom stereocenters. The maximum atomic E-state index is 12.1. The molecule has 0 fully saturated rings. The first-order valence-electron chi connectivity index (χ1n) is 6.20. The molecule has 3 N–H and O–H groups in total. The van der Waals surface area contributed by atoms with Gasteiger partial charge in [0.2, 0.25) is 5.91 Å². The van der Waals surface area contributed by atoms with Crippen molar-refractivity contribution in [2.75, 3.05) is 5.32 Å². The van der Waals surface area contributed by atoms with Gasteiger partial charge in [-0.1, -0.05) is 36.2 Å². The molecule has 0 aliphatic carbocycles. The zero-order chi connectivity index (χ0) is 13.9. The van der Waals surface area contributed by atoms with Crippen molar-refractivity contribution in [2.24, 2.45) is 11.7 Å². The maximum Gasteiger partial charge on any atom is 0.241 e. The molecule has 0 spiro atoms. The summed E-state index contributed by atoms with van der Waals surface area (Å²) in [5, 5.41) is 2.94. The molecule has 4 heteroatoms. The smallest absolute Gasteiger partial charge is 0.241 e. The van der Waals surface area contributed by atoms with Crippen LogP contribution in [0.15, 0.2) is 16.6 Å². The number of rotatable bonds is 4. The Morgan fingerprint density at radius 3 is 2.33 bits per heavy atom. The molecule has 0 heterocycles. The summed E-state index contributed by atoms with van der Waals surface area (Å²) in [6.07, 6.45) is 0.896. The quantitative estimate of drug-likeness (QED) is 0.895. The molecule has 18 heavy (non-hydrogen) atoms. The maximum absolute atomic E-state index is 12.1. The van der Waals surface area contributed by atoms with Crippen LogP contribution in [-0.4, -0.2) is 11.9 Å². The molecule has 3 nitrogen and oxygen atoms in total. The van der Waals surface area contributed by atoms with Gasteiger partial charge in [0, 0.05) is 10.2 Å². The van der Waals surface area contributed by atoms with E-state index in [1.54, 1.807) is 0 Å². The molecule has 1 amide bonds. The molecule has 1 rings (SSSR count). The topological polar surface area (TPSA) is 55.1 Å². The molecule has 0 saturated heterocycles. The van der Waals surface area contributed by atoms with Crippen molar-refractivity contribution in [3.8, 4) is 0 Å². The Kier molecular flexibility index (Phi) is 5.35. The second kappa shape index (κ2) is 6.34. The number of hydrogen-bond acceptors (Lipinski definition) is 2. The molecule has 0 bridgehead atoms. The molecular weight excluding hydrogens is 292 g/mol. The van der Waals surface area contributed by atoms with Gasteiger partial charge in [0.05, 0.1) is 6.04 Å². The Labute approximate surface area is 117 Å². The third-order valence-electron chi connectivity index (χ3n) is 3.31. The van der Waals surface area contributed by atoms with Crippen LogP contribution in [-0.2, 0) is 4.79 Å². The summed E-state index contributed by atoms with van der Waals surface area (Å²) in [5.74, 6) is 0.0685. The lowest BCUT2D eigenvalue weighted by atomic mass is 9.99. The summed E-state index contributed by atoms with van der Waals surface area (Å²) in [6.45, 7) is 7.98. The number of carbonyl (C=O) groups excluding carboxylic acids is 1. The van der Waals surface area contributed by atoms with E-state index in [1.165, 1.54) is 0 Å². The van der Waals surface area contributed by atoms with E-state index in [9.17, 15) is 4.79 Å². The Morgan fingerprint density at radius 1 is 1.39 bits per heavy atom. The van der Waals surface area contributed by atoms with E-state index < -0.39 is 6.04 Å². The van der Waals surface area contributed by atoms with Crippen molar-refractivity contribution in [3.63, 3.8) is 0 Å². The predicted molar refractivity (Wildman–Crippen MR) is 79.7 cm³/mol. The van der Waals surface area contributed by atoms with E-state index in [1.807, 2.05) is 39.8 Å². The summed E-state index contributed by atoms with van der Waals surface area (Å²) < 4.78 is 1.02. The lowest BCUT2D eigenvalue weighted by Crippen LogP contribution is -2.40. The molecule has 1 aromatic carbocycles. The summed E-state index contributed by atoms with van der Waals surface area (Å²) in [4.78, 5) is 12.1. The van der Waals surface area contributed by atoms with E-state index in [0.717, 1.165) is 27.7 Å². The zero-order valence-electron chi connectivity index (χ0n) is 11.4. The van der Waals surface area contributed by atoms with Crippen molar-refractivity contribution < 1.29 is 4.79 Å². The molecule has 0 aromatic heterocycles. The summed E-state index contributed by atoms with van der Waals surface area (Å²) in [7, 11) is 0. The van der Waals surface area contributed by atoms with Gasteiger partial charge in [0.1, 0.15) is 0 Å². The standard InChI is InChI=1S/C14H21BrN2O/c1-5-8(2)12(16)14(18)17-13-9(3)6-11(15)7-10(13)4/h6-8,12H,5,16H2,1-4H3,(H,17,18)/t8-,12-/m0/s1. The van der Waals surface area contributed by atoms with E-state index >= 15 is 0 Å². The first-order chi connectivity index (χ1) is 8.36. The number of aryl methyl sites for hydroxylation is 2. The third-order valence-corrected chi connectivity index (χ3v) is 3.76. The molecule has 0 saturated carbocycles. The Balaban J connectivity index is 2.89. The summed E-state index contributed by atoms with van der Waals surface area (Å²) in [6, 6.07) is 3.51. The molecule has 0 aliphatic rings. The lowest BCUT2D eigenvalue weighted by molar-refractivity contribution is -0.118. The number of anilines is 1. The first kappa shape index (κ1) is 15.2. The fourth-order valence-corrected chi connectivity index (χ4v) is 2.51. The highest BCUT2D eigenvalue weighted by molar-refractivity contribution is 9.10. The van der Waals surface area contributed by atoms with E-state index in [2.05, 4.69) is 21.2 Å². The monoisotopic (exact) mass is 312 g/mol. The van der Waals surface area contributed by atoms with Gasteiger partial charge in [-0.3, -0.25) is 4.79 Å². The summed E-state index contributed by atoms with van der Waals surface area (Å²) in [5.41, 5.74) is 8.86. The highest BCUT2D eigenvalue weighted by atomic mass is 79.9. The van der Waals surface area contributed by atoms with Crippen LogP contribution in [0.2, 0.25) is 0 Å². The second-order valence-electron chi connectivity index (χ2n) is 4.82. The number of benzene rings is 1. The van der Waals surface area contributed by atoms with Crippen molar-refractivity contribution in [1.82, 2.24) is 0 Å². The molecule has 2 atom stereocenters. The Morgan fingerprint density at radius 2 is 1.89 bits per heavy atom. The van der Waals surface area contributed by atoms with Crippen LogP contribution in [0.5, 0.6) is 0 Å². The van der Waals surface area contributed by atoms with Gasteiger partial charge in [-0.15, -0.1) is 0 Å². The number of amides is 1. The van der Waals surface area contributed by atoms with Crippen LogP contribution < -0.4 is 11.1 Å². The average molecular weight is 313 g/mol. The SMILES string of the molecule is CC[C@H](C)[C@H](N)C(=O)Nc1c(C)cc(Br)cc1C. The van der Waals surface area contributed by atoms with Gasteiger partial charge in [0.15, 0.2) is 0 Å².